The van der Waals surface area contributed by atoms with Gasteiger partial charge in [-0.3, -0.25) is 9.36 Å². The fourth-order valence-corrected chi connectivity index (χ4v) is 1.87. The fraction of sp³-hybridized carbons (Fsp3) is 0.429. The first-order valence-corrected chi connectivity index (χ1v) is 6.12. The Morgan fingerprint density at radius 2 is 2.11 bits per heavy atom. The molecule has 0 aliphatic carbocycles. The van der Waals surface area contributed by atoms with Crippen molar-refractivity contribution in [1.82, 2.24) is 4.57 Å². The molecule has 0 amide bonds. The number of benzene rings is 1. The highest BCUT2D eigenvalue weighted by molar-refractivity contribution is 5.98. The van der Waals surface area contributed by atoms with Crippen LogP contribution in [0.2, 0.25) is 0 Å². The van der Waals surface area contributed by atoms with Crippen LogP contribution < -0.4 is 5.76 Å². The highest BCUT2D eigenvalue weighted by Crippen LogP contribution is 2.17. The van der Waals surface area contributed by atoms with Gasteiger partial charge < -0.3 is 4.42 Å². The van der Waals surface area contributed by atoms with E-state index >= 15 is 0 Å². The van der Waals surface area contributed by atoms with Gasteiger partial charge in [-0.15, -0.1) is 0 Å². The summed E-state index contributed by atoms with van der Waals surface area (Å²) in [6.45, 7) is 4.18. The maximum Gasteiger partial charge on any atom is 0.419 e. The van der Waals surface area contributed by atoms with E-state index in [4.69, 9.17) is 4.42 Å². The number of fused-ring (bicyclic) bond motifs is 1. The molecule has 0 atom stereocenters. The Bertz CT molecular complexity index is 634. The van der Waals surface area contributed by atoms with Crippen LogP contribution >= 0.6 is 0 Å². The van der Waals surface area contributed by atoms with Crippen molar-refractivity contribution < 1.29 is 9.21 Å². The second kappa shape index (κ2) is 4.80. The molecular weight excluding hydrogens is 230 g/mol. The standard InChI is InChI=1S/C14H17NO3/c1-9(2)4-7-12(16)10-5-6-11-13(8-10)18-14(17)15(11)3/h5-6,8-9H,4,7H2,1-3H3. The predicted molar refractivity (Wildman–Crippen MR) is 69.9 cm³/mol. The fourth-order valence-electron chi connectivity index (χ4n) is 1.87. The number of Topliss-reactive ketones (excluding diaryl/α,β-unsaturated/α-hetero) is 1. The number of hydrogen-bond acceptors (Lipinski definition) is 3. The van der Waals surface area contributed by atoms with E-state index in [1.807, 2.05) is 0 Å². The normalized spacial score (nSPS) is 11.3. The number of rotatable bonds is 4. The van der Waals surface area contributed by atoms with Gasteiger partial charge in [0.05, 0.1) is 5.52 Å². The molecule has 0 radical (unpaired) electrons. The van der Waals surface area contributed by atoms with E-state index in [9.17, 15) is 9.59 Å². The lowest BCUT2D eigenvalue weighted by atomic mass is 10.0. The second-order valence-corrected chi connectivity index (χ2v) is 4.97. The Balaban J connectivity index is 2.30. The van der Waals surface area contributed by atoms with Gasteiger partial charge in [-0.25, -0.2) is 4.79 Å². The Morgan fingerprint density at radius 3 is 2.78 bits per heavy atom. The first-order valence-electron chi connectivity index (χ1n) is 6.12. The van der Waals surface area contributed by atoms with Crippen LogP contribution in [0.5, 0.6) is 0 Å². The van der Waals surface area contributed by atoms with Crippen LogP contribution in [0.15, 0.2) is 27.4 Å². The summed E-state index contributed by atoms with van der Waals surface area (Å²) in [5.74, 6) is 0.196. The van der Waals surface area contributed by atoms with Crippen molar-refractivity contribution >= 4 is 16.9 Å². The van der Waals surface area contributed by atoms with Crippen molar-refractivity contribution in [2.75, 3.05) is 0 Å². The first-order chi connectivity index (χ1) is 8.49. The van der Waals surface area contributed by atoms with Gasteiger partial charge in [0.25, 0.3) is 0 Å². The van der Waals surface area contributed by atoms with Crippen molar-refractivity contribution in [2.45, 2.75) is 26.7 Å². The number of carbonyl (C=O) groups excluding carboxylic acids is 1. The van der Waals surface area contributed by atoms with E-state index in [0.717, 1.165) is 6.42 Å². The van der Waals surface area contributed by atoms with Gasteiger partial charge in [-0.05, 0) is 30.5 Å². The molecule has 0 saturated carbocycles. The van der Waals surface area contributed by atoms with E-state index in [-0.39, 0.29) is 5.78 Å². The summed E-state index contributed by atoms with van der Waals surface area (Å²) in [6.07, 6.45) is 1.40. The summed E-state index contributed by atoms with van der Waals surface area (Å²) in [6, 6.07) is 5.15. The molecule has 2 rings (SSSR count). The van der Waals surface area contributed by atoms with Gasteiger partial charge in [-0.2, -0.15) is 0 Å². The molecule has 0 unspecified atom stereocenters. The molecule has 0 fully saturated rings. The molecule has 96 valence electrons. The van der Waals surface area contributed by atoms with E-state index in [0.29, 0.717) is 29.0 Å². The lowest BCUT2D eigenvalue weighted by Crippen LogP contribution is -2.08. The maximum atomic E-state index is 12.0. The zero-order chi connectivity index (χ0) is 13.3. The predicted octanol–water partition coefficient (Wildman–Crippen LogP) is 2.75. The molecule has 1 aromatic heterocycles. The molecule has 1 heterocycles. The Morgan fingerprint density at radius 1 is 1.39 bits per heavy atom. The number of aryl methyl sites for hydroxylation is 1. The van der Waals surface area contributed by atoms with Crippen LogP contribution in [0.3, 0.4) is 0 Å². The molecule has 4 heteroatoms. The molecule has 0 saturated heterocycles. The number of aromatic nitrogens is 1. The second-order valence-electron chi connectivity index (χ2n) is 4.97. The maximum absolute atomic E-state index is 12.0. The molecule has 18 heavy (non-hydrogen) atoms. The van der Waals surface area contributed by atoms with Crippen molar-refractivity contribution in [2.24, 2.45) is 13.0 Å². The molecule has 0 N–H and O–H groups in total. The Labute approximate surface area is 105 Å². The van der Waals surface area contributed by atoms with Gasteiger partial charge in [0.15, 0.2) is 11.4 Å². The summed E-state index contributed by atoms with van der Waals surface area (Å²) < 4.78 is 6.50. The molecule has 0 aliphatic heterocycles. The van der Waals surface area contributed by atoms with E-state index in [1.165, 1.54) is 4.57 Å². The van der Waals surface area contributed by atoms with Crippen LogP contribution in [-0.4, -0.2) is 10.4 Å². The number of nitrogens with zero attached hydrogens (tertiary/aromatic N) is 1. The van der Waals surface area contributed by atoms with Gasteiger partial charge in [-0.1, -0.05) is 13.8 Å². The molecule has 2 aromatic rings. The quantitative estimate of drug-likeness (QED) is 0.780. The Hall–Kier alpha value is -1.84. The van der Waals surface area contributed by atoms with Gasteiger partial charge in [0, 0.05) is 19.0 Å². The van der Waals surface area contributed by atoms with Crippen molar-refractivity contribution in [3.8, 4) is 0 Å². The van der Waals surface area contributed by atoms with Crippen LogP contribution in [0.1, 0.15) is 37.0 Å². The van der Waals surface area contributed by atoms with E-state index in [2.05, 4.69) is 13.8 Å². The third-order valence-corrected chi connectivity index (χ3v) is 3.06. The summed E-state index contributed by atoms with van der Waals surface area (Å²) in [4.78, 5) is 23.3. The van der Waals surface area contributed by atoms with Gasteiger partial charge >= 0.3 is 5.76 Å². The SMILES string of the molecule is CC(C)CCC(=O)c1ccc2c(c1)oc(=O)n2C. The van der Waals surface area contributed by atoms with Crippen LogP contribution in [0.4, 0.5) is 0 Å². The van der Waals surface area contributed by atoms with Gasteiger partial charge in [0.1, 0.15) is 0 Å². The molecule has 1 aromatic carbocycles. The van der Waals surface area contributed by atoms with Crippen LogP contribution in [-0.2, 0) is 7.05 Å². The summed E-state index contributed by atoms with van der Waals surface area (Å²) >= 11 is 0. The topological polar surface area (TPSA) is 52.2 Å². The lowest BCUT2D eigenvalue weighted by Gasteiger charge is -2.03. The van der Waals surface area contributed by atoms with Crippen molar-refractivity contribution in [3.05, 3.63) is 34.3 Å². The number of carbonyl (C=O) groups is 1. The zero-order valence-electron chi connectivity index (χ0n) is 10.9. The van der Waals surface area contributed by atoms with E-state index < -0.39 is 5.76 Å². The average molecular weight is 247 g/mol. The largest absolute Gasteiger partial charge is 0.419 e. The van der Waals surface area contributed by atoms with Crippen molar-refractivity contribution in [1.29, 1.82) is 0 Å². The van der Waals surface area contributed by atoms with Crippen molar-refractivity contribution in [3.63, 3.8) is 0 Å². The number of ketones is 1. The van der Waals surface area contributed by atoms with Crippen LogP contribution in [0.25, 0.3) is 11.1 Å². The monoisotopic (exact) mass is 247 g/mol. The summed E-state index contributed by atoms with van der Waals surface area (Å²) in [5, 5.41) is 0. The third-order valence-electron chi connectivity index (χ3n) is 3.06. The zero-order valence-corrected chi connectivity index (χ0v) is 10.9. The van der Waals surface area contributed by atoms with Gasteiger partial charge in [0.2, 0.25) is 0 Å². The summed E-state index contributed by atoms with van der Waals surface area (Å²) in [5.41, 5.74) is 1.79. The lowest BCUT2D eigenvalue weighted by molar-refractivity contribution is 0.0975. The summed E-state index contributed by atoms with van der Waals surface area (Å²) in [7, 11) is 1.65. The minimum absolute atomic E-state index is 0.0945. The molecule has 0 bridgehead atoms. The molecule has 0 aliphatic rings. The highest BCUT2D eigenvalue weighted by atomic mass is 16.4. The van der Waals surface area contributed by atoms with Crippen LogP contribution in [0, 0.1) is 5.92 Å². The third kappa shape index (κ3) is 2.37. The number of hydrogen-bond donors (Lipinski definition) is 0. The minimum Gasteiger partial charge on any atom is -0.408 e. The molecule has 4 nitrogen and oxygen atoms in total. The first kappa shape index (κ1) is 12.6. The van der Waals surface area contributed by atoms with E-state index in [1.54, 1.807) is 25.2 Å². The smallest absolute Gasteiger partial charge is 0.408 e. The molecular formula is C14H17NO3. The highest BCUT2D eigenvalue weighted by Gasteiger charge is 2.11. The minimum atomic E-state index is -0.406. The molecule has 0 spiro atoms. The average Bonchev–Trinajstić information content (AvgIpc) is 2.61. The Kier molecular flexibility index (Phi) is 3.36. The number of oxazole rings is 1.